The van der Waals surface area contributed by atoms with E-state index in [9.17, 15) is 4.79 Å². The average molecular weight is 283 g/mol. The summed E-state index contributed by atoms with van der Waals surface area (Å²) in [6.07, 6.45) is 2.32. The van der Waals surface area contributed by atoms with E-state index in [1.165, 1.54) is 6.42 Å². The molecule has 1 aliphatic rings. The minimum atomic E-state index is 0. The van der Waals surface area contributed by atoms with Crippen molar-refractivity contribution < 1.29 is 4.79 Å². The molecule has 0 radical (unpaired) electrons. The number of amides is 1. The number of halogens is 1. The van der Waals surface area contributed by atoms with Crippen molar-refractivity contribution in [2.45, 2.75) is 26.7 Å². The molecular weight excluding hydrogens is 260 g/mol. The lowest BCUT2D eigenvalue weighted by Gasteiger charge is -2.18. The number of para-hydroxylation sites is 1. The quantitative estimate of drug-likeness (QED) is 0.866. The number of nitrogens with zero attached hydrogens (tertiary/aromatic N) is 1. The molecule has 1 amide bonds. The predicted octanol–water partition coefficient (Wildman–Crippen LogP) is 3.20. The lowest BCUT2D eigenvalue weighted by molar-refractivity contribution is 0.0786. The summed E-state index contributed by atoms with van der Waals surface area (Å²) in [5, 5.41) is 0. The zero-order valence-corrected chi connectivity index (χ0v) is 12.5. The van der Waals surface area contributed by atoms with Crippen LogP contribution in [0.15, 0.2) is 24.3 Å². The minimum Gasteiger partial charge on any atom is -0.398 e. The van der Waals surface area contributed by atoms with Crippen molar-refractivity contribution in [1.29, 1.82) is 0 Å². The molecule has 1 aliphatic heterocycles. The Morgan fingerprint density at radius 3 is 2.74 bits per heavy atom. The number of benzene rings is 1. The molecule has 0 bridgehead atoms. The third kappa shape index (κ3) is 3.87. The first-order valence-corrected chi connectivity index (χ1v) is 6.71. The monoisotopic (exact) mass is 282 g/mol. The summed E-state index contributed by atoms with van der Waals surface area (Å²) < 4.78 is 0. The van der Waals surface area contributed by atoms with Gasteiger partial charge in [0.15, 0.2) is 0 Å². The van der Waals surface area contributed by atoms with E-state index in [-0.39, 0.29) is 18.3 Å². The smallest absolute Gasteiger partial charge is 0.255 e. The van der Waals surface area contributed by atoms with E-state index in [1.807, 2.05) is 23.1 Å². The third-order valence-electron chi connectivity index (χ3n) is 3.57. The van der Waals surface area contributed by atoms with E-state index in [4.69, 9.17) is 5.73 Å². The van der Waals surface area contributed by atoms with Crippen LogP contribution in [0.2, 0.25) is 0 Å². The van der Waals surface area contributed by atoms with Crippen LogP contribution in [-0.4, -0.2) is 23.9 Å². The maximum Gasteiger partial charge on any atom is 0.255 e. The van der Waals surface area contributed by atoms with Crippen molar-refractivity contribution in [3.63, 3.8) is 0 Å². The van der Waals surface area contributed by atoms with E-state index in [0.29, 0.717) is 23.1 Å². The standard InChI is InChI=1S/C15H22N2O.ClH/c1-11(2)9-12-7-8-17(10-12)15(18)13-5-3-4-6-14(13)16;/h3-6,11-12H,7-10,16H2,1-2H3;1H. The van der Waals surface area contributed by atoms with E-state index in [2.05, 4.69) is 13.8 Å². The molecule has 1 saturated heterocycles. The summed E-state index contributed by atoms with van der Waals surface area (Å²) in [4.78, 5) is 14.3. The Bertz CT molecular complexity index is 434. The highest BCUT2D eigenvalue weighted by Crippen LogP contribution is 2.25. The summed E-state index contributed by atoms with van der Waals surface area (Å²) in [5.41, 5.74) is 7.08. The molecular formula is C15H23ClN2O. The molecule has 1 heterocycles. The maximum atomic E-state index is 12.3. The molecule has 2 rings (SSSR count). The van der Waals surface area contributed by atoms with E-state index < -0.39 is 0 Å². The van der Waals surface area contributed by atoms with Crippen molar-refractivity contribution in [3.8, 4) is 0 Å². The Labute approximate surface area is 121 Å². The highest BCUT2D eigenvalue weighted by molar-refractivity contribution is 5.99. The van der Waals surface area contributed by atoms with Gasteiger partial charge in [0.05, 0.1) is 5.56 Å². The van der Waals surface area contributed by atoms with Gasteiger partial charge in [-0.2, -0.15) is 0 Å². The van der Waals surface area contributed by atoms with E-state index in [0.717, 1.165) is 19.5 Å². The molecule has 1 aromatic rings. The molecule has 0 spiro atoms. The molecule has 106 valence electrons. The largest absolute Gasteiger partial charge is 0.398 e. The fourth-order valence-corrected chi connectivity index (χ4v) is 2.74. The van der Waals surface area contributed by atoms with Gasteiger partial charge in [-0.3, -0.25) is 4.79 Å². The second-order valence-corrected chi connectivity index (χ2v) is 5.62. The van der Waals surface area contributed by atoms with Crippen LogP contribution in [-0.2, 0) is 0 Å². The van der Waals surface area contributed by atoms with Gasteiger partial charge in [0.25, 0.3) is 5.91 Å². The van der Waals surface area contributed by atoms with Crippen molar-refractivity contribution in [1.82, 2.24) is 4.90 Å². The molecule has 1 atom stereocenters. The number of nitrogen functional groups attached to an aromatic ring is 1. The van der Waals surface area contributed by atoms with Gasteiger partial charge >= 0.3 is 0 Å². The lowest BCUT2D eigenvalue weighted by Crippen LogP contribution is -2.29. The number of carbonyl (C=O) groups excluding carboxylic acids is 1. The Kier molecular flexibility index (Phi) is 5.67. The van der Waals surface area contributed by atoms with Crippen molar-refractivity contribution in [3.05, 3.63) is 29.8 Å². The number of rotatable bonds is 3. The Morgan fingerprint density at radius 1 is 1.42 bits per heavy atom. The van der Waals surface area contributed by atoms with Crippen LogP contribution >= 0.6 is 12.4 Å². The van der Waals surface area contributed by atoms with Crippen LogP contribution in [0.1, 0.15) is 37.0 Å². The van der Waals surface area contributed by atoms with Crippen LogP contribution in [0.4, 0.5) is 5.69 Å². The number of likely N-dealkylation sites (tertiary alicyclic amines) is 1. The van der Waals surface area contributed by atoms with Gasteiger partial charge in [0.2, 0.25) is 0 Å². The summed E-state index contributed by atoms with van der Waals surface area (Å²) in [6.45, 7) is 6.22. The Hall–Kier alpha value is -1.22. The molecule has 2 N–H and O–H groups in total. The molecule has 19 heavy (non-hydrogen) atoms. The number of carbonyl (C=O) groups is 1. The van der Waals surface area contributed by atoms with Crippen LogP contribution in [0.25, 0.3) is 0 Å². The SMILES string of the molecule is CC(C)CC1CCN(C(=O)c2ccccc2N)C1.Cl. The molecule has 0 aromatic heterocycles. The summed E-state index contributed by atoms with van der Waals surface area (Å²) in [7, 11) is 0. The van der Waals surface area contributed by atoms with E-state index in [1.54, 1.807) is 6.07 Å². The number of anilines is 1. The van der Waals surface area contributed by atoms with Gasteiger partial charge in [-0.05, 0) is 36.8 Å². The fourth-order valence-electron chi connectivity index (χ4n) is 2.74. The fraction of sp³-hybridized carbons (Fsp3) is 0.533. The third-order valence-corrected chi connectivity index (χ3v) is 3.57. The van der Waals surface area contributed by atoms with Gasteiger partial charge < -0.3 is 10.6 Å². The summed E-state index contributed by atoms with van der Waals surface area (Å²) in [5.74, 6) is 1.44. The predicted molar refractivity (Wildman–Crippen MR) is 81.6 cm³/mol. The van der Waals surface area contributed by atoms with Crippen LogP contribution in [0.3, 0.4) is 0 Å². The van der Waals surface area contributed by atoms with Crippen molar-refractivity contribution in [2.24, 2.45) is 11.8 Å². The van der Waals surface area contributed by atoms with Crippen molar-refractivity contribution in [2.75, 3.05) is 18.8 Å². The van der Waals surface area contributed by atoms with Gasteiger partial charge in [0, 0.05) is 18.8 Å². The first-order chi connectivity index (χ1) is 8.58. The number of hydrogen-bond donors (Lipinski definition) is 1. The molecule has 0 aliphatic carbocycles. The zero-order chi connectivity index (χ0) is 13.1. The van der Waals surface area contributed by atoms with Gasteiger partial charge in [-0.15, -0.1) is 12.4 Å². The number of nitrogens with two attached hydrogens (primary N) is 1. The topological polar surface area (TPSA) is 46.3 Å². The normalized spacial score (nSPS) is 18.5. The summed E-state index contributed by atoms with van der Waals surface area (Å²) >= 11 is 0. The maximum absolute atomic E-state index is 12.3. The first kappa shape index (κ1) is 15.8. The Balaban J connectivity index is 0.00000180. The van der Waals surface area contributed by atoms with Gasteiger partial charge in [-0.1, -0.05) is 26.0 Å². The highest BCUT2D eigenvalue weighted by Gasteiger charge is 2.27. The van der Waals surface area contributed by atoms with E-state index >= 15 is 0 Å². The lowest BCUT2D eigenvalue weighted by atomic mass is 9.97. The van der Waals surface area contributed by atoms with Gasteiger partial charge in [0.1, 0.15) is 0 Å². The number of hydrogen-bond acceptors (Lipinski definition) is 2. The summed E-state index contributed by atoms with van der Waals surface area (Å²) in [6, 6.07) is 7.32. The molecule has 1 aromatic carbocycles. The average Bonchev–Trinajstić information content (AvgIpc) is 2.76. The Morgan fingerprint density at radius 2 is 2.11 bits per heavy atom. The second-order valence-electron chi connectivity index (χ2n) is 5.62. The van der Waals surface area contributed by atoms with Crippen LogP contribution in [0, 0.1) is 11.8 Å². The molecule has 1 unspecified atom stereocenters. The molecule has 3 nitrogen and oxygen atoms in total. The minimum absolute atomic E-state index is 0. The first-order valence-electron chi connectivity index (χ1n) is 6.71. The molecule has 1 fully saturated rings. The zero-order valence-electron chi connectivity index (χ0n) is 11.6. The van der Waals surface area contributed by atoms with Gasteiger partial charge in [-0.25, -0.2) is 0 Å². The molecule has 0 saturated carbocycles. The van der Waals surface area contributed by atoms with Crippen molar-refractivity contribution >= 4 is 24.0 Å². The molecule has 4 heteroatoms. The van der Waals surface area contributed by atoms with Crippen LogP contribution in [0.5, 0.6) is 0 Å². The second kappa shape index (κ2) is 6.80. The highest BCUT2D eigenvalue weighted by atomic mass is 35.5. The van der Waals surface area contributed by atoms with Crippen LogP contribution < -0.4 is 5.73 Å².